The van der Waals surface area contributed by atoms with Crippen LogP contribution in [0.3, 0.4) is 0 Å². The number of allylic oxidation sites excluding steroid dienone is 2. The summed E-state index contributed by atoms with van der Waals surface area (Å²) in [4.78, 5) is 0. The van der Waals surface area contributed by atoms with Crippen molar-refractivity contribution in [1.29, 1.82) is 0 Å². The Hall–Kier alpha value is -0.760. The first-order chi connectivity index (χ1) is 8.22. The predicted octanol–water partition coefficient (Wildman–Crippen LogP) is 5.31. The normalized spacial score (nSPS) is 12.9. The van der Waals surface area contributed by atoms with Crippen LogP contribution in [0.2, 0.25) is 0 Å². The summed E-state index contributed by atoms with van der Waals surface area (Å²) < 4.78 is 6.56. The fraction of sp³-hybridized carbons (Fsp3) is 0.467. The van der Waals surface area contributed by atoms with Gasteiger partial charge in [-0.3, -0.25) is 0 Å². The smallest absolute Gasteiger partial charge is 0.122 e. The van der Waals surface area contributed by atoms with Crippen molar-refractivity contribution in [2.45, 2.75) is 39.0 Å². The molecule has 0 radical (unpaired) electrons. The topological polar surface area (TPSA) is 9.23 Å². The molecule has 0 aliphatic heterocycles. The molecule has 0 spiro atoms. The molecular weight excluding hydrogens is 276 g/mol. The molecule has 0 aliphatic rings. The number of halogens is 1. The molecule has 1 nitrogen and oxygen atoms in total. The lowest BCUT2D eigenvalue weighted by Gasteiger charge is -2.17. The van der Waals surface area contributed by atoms with E-state index in [4.69, 9.17) is 4.74 Å². The Bertz CT molecular complexity index is 371. The second-order valence-corrected chi connectivity index (χ2v) is 5.02. The van der Waals surface area contributed by atoms with Gasteiger partial charge in [-0.15, -0.1) is 0 Å². The van der Waals surface area contributed by atoms with E-state index in [9.17, 15) is 0 Å². The Balaban J connectivity index is 2.93. The molecule has 1 aromatic rings. The number of benzene rings is 1. The summed E-state index contributed by atoms with van der Waals surface area (Å²) in [5.74, 6) is 1.52. The van der Waals surface area contributed by atoms with E-state index >= 15 is 0 Å². The first kappa shape index (κ1) is 14.3. The third kappa shape index (κ3) is 4.19. The Morgan fingerprint density at radius 3 is 2.65 bits per heavy atom. The van der Waals surface area contributed by atoms with Gasteiger partial charge in [0.15, 0.2) is 0 Å². The lowest BCUT2D eigenvalue weighted by molar-refractivity contribution is 0.404. The maximum absolute atomic E-state index is 5.44. The lowest BCUT2D eigenvalue weighted by atomic mass is 9.92. The summed E-state index contributed by atoms with van der Waals surface area (Å²) >= 11 is 3.53. The SMILES string of the molecule is CC/C=C\CC(CC)c1cc(Br)ccc1OC. The number of methoxy groups -OCH3 is 1. The van der Waals surface area contributed by atoms with Gasteiger partial charge in [0.1, 0.15) is 5.75 Å². The Morgan fingerprint density at radius 2 is 2.06 bits per heavy atom. The summed E-state index contributed by atoms with van der Waals surface area (Å²) in [6.07, 6.45) is 7.81. The van der Waals surface area contributed by atoms with Crippen molar-refractivity contribution in [3.63, 3.8) is 0 Å². The van der Waals surface area contributed by atoms with Gasteiger partial charge in [0.2, 0.25) is 0 Å². The van der Waals surface area contributed by atoms with Crippen LogP contribution in [0.5, 0.6) is 5.75 Å². The van der Waals surface area contributed by atoms with Gasteiger partial charge in [-0.25, -0.2) is 0 Å². The molecule has 0 aromatic heterocycles. The first-order valence-corrected chi connectivity index (χ1v) is 7.00. The van der Waals surface area contributed by atoms with Crippen molar-refractivity contribution in [2.75, 3.05) is 7.11 Å². The van der Waals surface area contributed by atoms with E-state index < -0.39 is 0 Å². The minimum absolute atomic E-state index is 0.533. The average Bonchev–Trinajstić information content (AvgIpc) is 2.35. The molecule has 0 aliphatic carbocycles. The highest BCUT2D eigenvalue weighted by Gasteiger charge is 2.13. The van der Waals surface area contributed by atoms with Crippen LogP contribution < -0.4 is 4.74 Å². The number of rotatable bonds is 6. The maximum Gasteiger partial charge on any atom is 0.122 e. The molecule has 1 atom stereocenters. The Morgan fingerprint density at radius 1 is 1.29 bits per heavy atom. The minimum Gasteiger partial charge on any atom is -0.496 e. The van der Waals surface area contributed by atoms with Crippen LogP contribution in [-0.4, -0.2) is 7.11 Å². The molecule has 1 unspecified atom stereocenters. The molecule has 17 heavy (non-hydrogen) atoms. The molecule has 1 rings (SSSR count). The zero-order valence-electron chi connectivity index (χ0n) is 10.9. The zero-order valence-corrected chi connectivity index (χ0v) is 12.5. The highest BCUT2D eigenvalue weighted by molar-refractivity contribution is 9.10. The first-order valence-electron chi connectivity index (χ1n) is 6.21. The van der Waals surface area contributed by atoms with Gasteiger partial charge in [-0.1, -0.05) is 41.9 Å². The van der Waals surface area contributed by atoms with Crippen LogP contribution in [0.15, 0.2) is 34.8 Å². The molecule has 1 aromatic carbocycles. The summed E-state index contributed by atoms with van der Waals surface area (Å²) in [5, 5.41) is 0. The molecule has 0 saturated carbocycles. The number of hydrogen-bond donors (Lipinski definition) is 0. The highest BCUT2D eigenvalue weighted by atomic mass is 79.9. The molecule has 0 N–H and O–H groups in total. The molecule has 0 saturated heterocycles. The van der Waals surface area contributed by atoms with E-state index in [1.54, 1.807) is 7.11 Å². The van der Waals surface area contributed by atoms with Crippen LogP contribution in [0.4, 0.5) is 0 Å². The molecule has 0 fully saturated rings. The van der Waals surface area contributed by atoms with Gasteiger partial charge in [0, 0.05) is 4.47 Å². The van der Waals surface area contributed by atoms with Gasteiger partial charge in [0.25, 0.3) is 0 Å². The van der Waals surface area contributed by atoms with Crippen molar-refractivity contribution in [2.24, 2.45) is 0 Å². The maximum atomic E-state index is 5.44. The second-order valence-electron chi connectivity index (χ2n) is 4.11. The highest BCUT2D eigenvalue weighted by Crippen LogP contribution is 2.33. The van der Waals surface area contributed by atoms with Crippen molar-refractivity contribution in [3.05, 3.63) is 40.4 Å². The van der Waals surface area contributed by atoms with E-state index in [1.165, 1.54) is 5.56 Å². The summed E-state index contributed by atoms with van der Waals surface area (Å²) in [6.45, 7) is 4.39. The van der Waals surface area contributed by atoms with E-state index in [0.29, 0.717) is 5.92 Å². The summed E-state index contributed by atoms with van der Waals surface area (Å²) in [5.41, 5.74) is 1.30. The number of hydrogen-bond acceptors (Lipinski definition) is 1. The van der Waals surface area contributed by atoms with E-state index in [-0.39, 0.29) is 0 Å². The second kappa shape index (κ2) is 7.54. The van der Waals surface area contributed by atoms with Gasteiger partial charge in [-0.05, 0) is 48.9 Å². The van der Waals surface area contributed by atoms with Crippen LogP contribution in [0.25, 0.3) is 0 Å². The molecule has 94 valence electrons. The van der Waals surface area contributed by atoms with Gasteiger partial charge >= 0.3 is 0 Å². The predicted molar refractivity (Wildman–Crippen MR) is 77.8 cm³/mol. The minimum atomic E-state index is 0.533. The molecule has 0 amide bonds. The summed E-state index contributed by atoms with van der Waals surface area (Å²) in [7, 11) is 1.74. The fourth-order valence-electron chi connectivity index (χ4n) is 1.96. The van der Waals surface area contributed by atoms with Crippen molar-refractivity contribution in [1.82, 2.24) is 0 Å². The average molecular weight is 297 g/mol. The molecule has 0 bridgehead atoms. The summed E-state index contributed by atoms with van der Waals surface area (Å²) in [6, 6.07) is 6.23. The monoisotopic (exact) mass is 296 g/mol. The fourth-order valence-corrected chi connectivity index (χ4v) is 2.34. The van der Waals surface area contributed by atoms with Gasteiger partial charge in [-0.2, -0.15) is 0 Å². The Kier molecular flexibility index (Phi) is 6.35. The zero-order chi connectivity index (χ0) is 12.7. The van der Waals surface area contributed by atoms with E-state index in [0.717, 1.165) is 29.5 Å². The van der Waals surface area contributed by atoms with Crippen molar-refractivity contribution < 1.29 is 4.74 Å². The standard InChI is InChI=1S/C15H21BrO/c1-4-6-7-8-12(5-2)14-11-13(16)9-10-15(14)17-3/h6-7,9-12H,4-5,8H2,1-3H3/b7-6-. The quantitative estimate of drug-likeness (QED) is 0.647. The molecule has 0 heterocycles. The van der Waals surface area contributed by atoms with Crippen LogP contribution in [0.1, 0.15) is 44.6 Å². The largest absolute Gasteiger partial charge is 0.496 e. The third-order valence-corrected chi connectivity index (χ3v) is 3.44. The van der Waals surface area contributed by atoms with Crippen molar-refractivity contribution in [3.8, 4) is 5.75 Å². The van der Waals surface area contributed by atoms with E-state index in [1.807, 2.05) is 12.1 Å². The van der Waals surface area contributed by atoms with Crippen LogP contribution >= 0.6 is 15.9 Å². The molecule has 2 heteroatoms. The third-order valence-electron chi connectivity index (χ3n) is 2.95. The van der Waals surface area contributed by atoms with Gasteiger partial charge in [0.05, 0.1) is 7.11 Å². The van der Waals surface area contributed by atoms with Crippen LogP contribution in [0, 0.1) is 0 Å². The molecular formula is C15H21BrO. The van der Waals surface area contributed by atoms with Crippen molar-refractivity contribution >= 4 is 15.9 Å². The van der Waals surface area contributed by atoms with Gasteiger partial charge < -0.3 is 4.74 Å². The van der Waals surface area contributed by atoms with E-state index in [2.05, 4.69) is 48.0 Å². The Labute approximate surface area is 113 Å². The van der Waals surface area contributed by atoms with Crippen LogP contribution in [-0.2, 0) is 0 Å². The number of ether oxygens (including phenoxy) is 1. The lowest BCUT2D eigenvalue weighted by Crippen LogP contribution is -1.99.